The van der Waals surface area contributed by atoms with Crippen LogP contribution in [0.5, 0.6) is 0 Å². The van der Waals surface area contributed by atoms with E-state index in [4.69, 9.17) is 5.73 Å². The molecule has 0 aromatic carbocycles. The highest BCUT2D eigenvalue weighted by molar-refractivity contribution is 5.80. The van der Waals surface area contributed by atoms with E-state index >= 15 is 0 Å². The Morgan fingerprint density at radius 2 is 2.00 bits per heavy atom. The van der Waals surface area contributed by atoms with Crippen molar-refractivity contribution in [1.29, 1.82) is 0 Å². The van der Waals surface area contributed by atoms with E-state index in [-0.39, 0.29) is 0 Å². The van der Waals surface area contributed by atoms with Crippen molar-refractivity contribution in [2.75, 3.05) is 5.73 Å². The second-order valence-corrected chi connectivity index (χ2v) is 4.67. The fourth-order valence-corrected chi connectivity index (χ4v) is 2.48. The molecular formula is C12H17N7. The summed E-state index contributed by atoms with van der Waals surface area (Å²) in [5.74, 6) is 0.466. The van der Waals surface area contributed by atoms with Crippen molar-refractivity contribution < 1.29 is 0 Å². The lowest BCUT2D eigenvalue weighted by Gasteiger charge is -2.04. The molecule has 0 aliphatic carbocycles. The van der Waals surface area contributed by atoms with E-state index in [0.29, 0.717) is 5.95 Å². The van der Waals surface area contributed by atoms with Crippen LogP contribution in [0.2, 0.25) is 0 Å². The number of aromatic nitrogens is 6. The molecule has 0 aliphatic heterocycles. The van der Waals surface area contributed by atoms with Gasteiger partial charge in [-0.1, -0.05) is 6.92 Å². The van der Waals surface area contributed by atoms with E-state index in [1.165, 1.54) is 0 Å². The summed E-state index contributed by atoms with van der Waals surface area (Å²) in [7, 11) is 3.80. The van der Waals surface area contributed by atoms with Crippen molar-refractivity contribution in [2.45, 2.75) is 20.3 Å². The second-order valence-electron chi connectivity index (χ2n) is 4.67. The third kappa shape index (κ3) is 1.54. The van der Waals surface area contributed by atoms with Crippen LogP contribution >= 0.6 is 0 Å². The van der Waals surface area contributed by atoms with E-state index in [1.807, 2.05) is 36.5 Å². The minimum atomic E-state index is 0.466. The number of hydrogen-bond donors (Lipinski definition) is 1. The van der Waals surface area contributed by atoms with Gasteiger partial charge >= 0.3 is 0 Å². The number of nitrogens with two attached hydrogens (primary N) is 1. The fraction of sp³-hybridized carbons (Fsp3) is 0.417. The normalized spacial score (nSPS) is 11.6. The fourth-order valence-electron chi connectivity index (χ4n) is 2.48. The molecule has 0 amide bonds. The number of nitrogen functional groups attached to an aromatic ring is 1. The second kappa shape index (κ2) is 3.84. The first-order chi connectivity index (χ1) is 9.02. The average molecular weight is 259 g/mol. The van der Waals surface area contributed by atoms with Crippen LogP contribution in [-0.4, -0.2) is 29.1 Å². The molecule has 3 rings (SSSR count). The van der Waals surface area contributed by atoms with Gasteiger partial charge in [0.1, 0.15) is 5.52 Å². The van der Waals surface area contributed by atoms with Crippen LogP contribution in [0.3, 0.4) is 0 Å². The van der Waals surface area contributed by atoms with Crippen molar-refractivity contribution in [3.05, 3.63) is 17.6 Å². The van der Waals surface area contributed by atoms with Gasteiger partial charge in [0.2, 0.25) is 5.95 Å². The Bertz CT molecular complexity index is 759. The topological polar surface area (TPSA) is 79.5 Å². The third-order valence-corrected chi connectivity index (χ3v) is 3.29. The molecule has 3 heterocycles. The molecule has 3 aromatic rings. The van der Waals surface area contributed by atoms with Gasteiger partial charge in [0.25, 0.3) is 0 Å². The molecule has 100 valence electrons. The molecule has 0 unspecified atom stereocenters. The number of fused-ring (bicyclic) bond motifs is 1. The molecule has 7 heteroatoms. The predicted octanol–water partition coefficient (Wildman–Crippen LogP) is 0.946. The van der Waals surface area contributed by atoms with Crippen LogP contribution in [0.15, 0.2) is 6.20 Å². The monoisotopic (exact) mass is 259 g/mol. The van der Waals surface area contributed by atoms with Crippen LogP contribution in [0.1, 0.15) is 18.3 Å². The van der Waals surface area contributed by atoms with Crippen LogP contribution in [0, 0.1) is 6.92 Å². The van der Waals surface area contributed by atoms with Crippen molar-refractivity contribution in [3.8, 4) is 5.69 Å². The summed E-state index contributed by atoms with van der Waals surface area (Å²) in [6.07, 6.45) is 2.77. The highest BCUT2D eigenvalue weighted by Crippen LogP contribution is 2.26. The number of anilines is 1. The largest absolute Gasteiger partial charge is 0.369 e. The number of imidazole rings is 1. The summed E-state index contributed by atoms with van der Waals surface area (Å²) in [5, 5.41) is 8.84. The smallest absolute Gasteiger partial charge is 0.207 e. The standard InChI is InChI=1S/C12H17N7/c1-5-8-10-11(18(4)16-8)19(12(13)14-10)9-6-17(3)15-7(9)2/h6H,5H2,1-4H3,(H2,13,14). The Labute approximate surface area is 110 Å². The molecule has 19 heavy (non-hydrogen) atoms. The zero-order valence-corrected chi connectivity index (χ0v) is 11.5. The minimum Gasteiger partial charge on any atom is -0.369 e. The highest BCUT2D eigenvalue weighted by Gasteiger charge is 2.20. The lowest BCUT2D eigenvalue weighted by atomic mass is 10.3. The van der Waals surface area contributed by atoms with Gasteiger partial charge in [-0.2, -0.15) is 10.2 Å². The van der Waals surface area contributed by atoms with E-state index in [0.717, 1.165) is 34.7 Å². The van der Waals surface area contributed by atoms with Crippen molar-refractivity contribution >= 4 is 17.1 Å². The summed E-state index contributed by atoms with van der Waals surface area (Å²) < 4.78 is 5.50. The Balaban J connectivity index is 2.38. The molecule has 7 nitrogen and oxygen atoms in total. The zero-order chi connectivity index (χ0) is 13.7. The number of rotatable bonds is 2. The van der Waals surface area contributed by atoms with Gasteiger partial charge < -0.3 is 5.73 Å². The van der Waals surface area contributed by atoms with Crippen LogP contribution in [0.4, 0.5) is 5.95 Å². The summed E-state index contributed by atoms with van der Waals surface area (Å²) in [5.41, 5.74) is 10.7. The molecule has 0 spiro atoms. The molecule has 0 fully saturated rings. The molecule has 2 N–H and O–H groups in total. The van der Waals surface area contributed by atoms with Gasteiger partial charge in [0, 0.05) is 20.3 Å². The first-order valence-corrected chi connectivity index (χ1v) is 6.23. The SMILES string of the molecule is CCc1nn(C)c2c1nc(N)n2-c1cn(C)nc1C. The average Bonchev–Trinajstić information content (AvgIpc) is 2.94. The maximum absolute atomic E-state index is 6.07. The first kappa shape index (κ1) is 11.8. The molecule has 0 bridgehead atoms. The van der Waals surface area contributed by atoms with E-state index < -0.39 is 0 Å². The van der Waals surface area contributed by atoms with Crippen molar-refractivity contribution in [1.82, 2.24) is 29.1 Å². The molecule has 0 aliphatic rings. The van der Waals surface area contributed by atoms with Gasteiger partial charge in [0.05, 0.1) is 17.1 Å². The quantitative estimate of drug-likeness (QED) is 0.743. The van der Waals surface area contributed by atoms with E-state index in [2.05, 4.69) is 22.1 Å². The van der Waals surface area contributed by atoms with Crippen molar-refractivity contribution in [3.63, 3.8) is 0 Å². The van der Waals surface area contributed by atoms with Gasteiger partial charge in [-0.25, -0.2) is 9.67 Å². The number of aryl methyl sites for hydroxylation is 4. The summed E-state index contributed by atoms with van der Waals surface area (Å²) in [6, 6.07) is 0. The summed E-state index contributed by atoms with van der Waals surface area (Å²) in [4.78, 5) is 4.45. The maximum Gasteiger partial charge on any atom is 0.207 e. The Morgan fingerprint density at radius 3 is 2.58 bits per heavy atom. The van der Waals surface area contributed by atoms with Gasteiger partial charge in [0.15, 0.2) is 5.65 Å². The predicted molar refractivity (Wildman–Crippen MR) is 73.1 cm³/mol. The first-order valence-electron chi connectivity index (χ1n) is 6.23. The Morgan fingerprint density at radius 1 is 1.26 bits per heavy atom. The maximum atomic E-state index is 6.07. The van der Waals surface area contributed by atoms with E-state index in [9.17, 15) is 0 Å². The lowest BCUT2D eigenvalue weighted by molar-refractivity contribution is 0.750. The zero-order valence-electron chi connectivity index (χ0n) is 11.5. The van der Waals surface area contributed by atoms with Gasteiger partial charge in [-0.15, -0.1) is 0 Å². The molecule has 0 radical (unpaired) electrons. The van der Waals surface area contributed by atoms with Crippen LogP contribution in [-0.2, 0) is 20.5 Å². The van der Waals surface area contributed by atoms with Crippen LogP contribution in [0.25, 0.3) is 16.9 Å². The van der Waals surface area contributed by atoms with Crippen molar-refractivity contribution in [2.24, 2.45) is 14.1 Å². The Kier molecular flexibility index (Phi) is 2.38. The minimum absolute atomic E-state index is 0.466. The summed E-state index contributed by atoms with van der Waals surface area (Å²) in [6.45, 7) is 4.02. The lowest BCUT2D eigenvalue weighted by Crippen LogP contribution is -2.05. The van der Waals surface area contributed by atoms with Gasteiger partial charge in [-0.3, -0.25) is 9.25 Å². The molecule has 0 atom stereocenters. The summed E-state index contributed by atoms with van der Waals surface area (Å²) >= 11 is 0. The molecule has 0 saturated carbocycles. The Hall–Kier alpha value is -2.31. The van der Waals surface area contributed by atoms with Gasteiger partial charge in [-0.05, 0) is 13.3 Å². The number of hydrogen-bond acceptors (Lipinski definition) is 4. The molecule has 0 saturated heterocycles. The number of nitrogens with zero attached hydrogens (tertiary/aromatic N) is 6. The molecule has 3 aromatic heterocycles. The third-order valence-electron chi connectivity index (χ3n) is 3.29. The highest BCUT2D eigenvalue weighted by atomic mass is 15.4. The van der Waals surface area contributed by atoms with E-state index in [1.54, 1.807) is 4.68 Å². The molecular weight excluding hydrogens is 242 g/mol. The van der Waals surface area contributed by atoms with Crippen LogP contribution < -0.4 is 5.73 Å².